The van der Waals surface area contributed by atoms with E-state index in [0.717, 1.165) is 12.1 Å². The van der Waals surface area contributed by atoms with Gasteiger partial charge in [-0.15, -0.1) is 13.2 Å². The Balaban J connectivity index is 3.07. The zero-order chi connectivity index (χ0) is 13.2. The van der Waals surface area contributed by atoms with Crippen LogP contribution in [0.5, 0.6) is 5.75 Å². The van der Waals surface area contributed by atoms with E-state index in [9.17, 15) is 26.7 Å². The number of hydrogen-bond donors (Lipinski definition) is 0. The summed E-state index contributed by atoms with van der Waals surface area (Å²) in [6.45, 7) is 0. The van der Waals surface area contributed by atoms with Crippen LogP contribution in [0, 0.1) is 0 Å². The Morgan fingerprint density at radius 2 is 1.88 bits per heavy atom. The Kier molecular flexibility index (Phi) is 3.92. The molecule has 0 radical (unpaired) electrons. The molecule has 17 heavy (non-hydrogen) atoms. The molecule has 0 unspecified atom stereocenters. The van der Waals surface area contributed by atoms with Gasteiger partial charge in [0.25, 0.3) is 0 Å². The van der Waals surface area contributed by atoms with E-state index in [1.807, 2.05) is 0 Å². The second-order valence-corrected chi connectivity index (χ2v) is 3.27. The predicted octanol–water partition coefficient (Wildman–Crippen LogP) is 3.69. The van der Waals surface area contributed by atoms with Crippen molar-refractivity contribution >= 4 is 17.4 Å². The van der Waals surface area contributed by atoms with Crippen molar-refractivity contribution < 1.29 is 31.5 Å². The van der Waals surface area contributed by atoms with Crippen molar-refractivity contribution in [3.63, 3.8) is 0 Å². The van der Waals surface area contributed by atoms with Gasteiger partial charge in [0.15, 0.2) is 0 Å². The van der Waals surface area contributed by atoms with Crippen LogP contribution in [-0.4, -0.2) is 18.6 Å². The van der Waals surface area contributed by atoms with Gasteiger partial charge in [0.05, 0.1) is 5.02 Å². The van der Waals surface area contributed by atoms with Crippen molar-refractivity contribution in [3.05, 3.63) is 28.8 Å². The second-order valence-electron chi connectivity index (χ2n) is 2.86. The number of ketones is 1. The van der Waals surface area contributed by atoms with E-state index in [-0.39, 0.29) is 0 Å². The third-order valence-electron chi connectivity index (χ3n) is 1.64. The minimum atomic E-state index is -5.02. The van der Waals surface area contributed by atoms with Gasteiger partial charge in [0.2, 0.25) is 5.78 Å². The SMILES string of the molecule is O=C(c1ccc(Cl)c(OC(F)(F)F)c1)C(F)F. The average Bonchev–Trinajstić information content (AvgIpc) is 2.18. The second kappa shape index (κ2) is 4.87. The van der Waals surface area contributed by atoms with E-state index in [2.05, 4.69) is 4.74 Å². The molecule has 0 N–H and O–H groups in total. The maximum Gasteiger partial charge on any atom is 0.573 e. The number of rotatable bonds is 3. The third-order valence-corrected chi connectivity index (χ3v) is 1.95. The van der Waals surface area contributed by atoms with Gasteiger partial charge in [0, 0.05) is 5.56 Å². The van der Waals surface area contributed by atoms with Crippen molar-refractivity contribution in [1.82, 2.24) is 0 Å². The number of carbonyl (C=O) groups is 1. The Hall–Kier alpha value is -1.37. The van der Waals surface area contributed by atoms with Gasteiger partial charge >= 0.3 is 12.8 Å². The van der Waals surface area contributed by atoms with Gasteiger partial charge in [-0.2, -0.15) is 0 Å². The maximum atomic E-state index is 12.0. The molecule has 0 aromatic heterocycles. The standard InChI is InChI=1S/C9H4ClF5O2/c10-5-2-1-4(7(16)8(11)12)3-6(5)17-9(13,14)15/h1-3,8H. The number of ether oxygens (including phenoxy) is 1. The third kappa shape index (κ3) is 3.85. The first-order chi connectivity index (χ1) is 7.70. The monoisotopic (exact) mass is 274 g/mol. The van der Waals surface area contributed by atoms with Crippen LogP contribution in [0.1, 0.15) is 10.4 Å². The highest BCUT2D eigenvalue weighted by atomic mass is 35.5. The first-order valence-corrected chi connectivity index (χ1v) is 4.46. The average molecular weight is 275 g/mol. The number of carbonyl (C=O) groups excluding carboxylic acids is 1. The first-order valence-electron chi connectivity index (χ1n) is 4.08. The van der Waals surface area contributed by atoms with E-state index < -0.39 is 34.9 Å². The van der Waals surface area contributed by atoms with Crippen molar-refractivity contribution in [2.75, 3.05) is 0 Å². The van der Waals surface area contributed by atoms with E-state index in [1.165, 1.54) is 0 Å². The zero-order valence-corrected chi connectivity index (χ0v) is 8.65. The van der Waals surface area contributed by atoms with Crippen LogP contribution in [0.25, 0.3) is 0 Å². The molecule has 2 nitrogen and oxygen atoms in total. The molecule has 1 aromatic carbocycles. The topological polar surface area (TPSA) is 26.3 Å². The summed E-state index contributed by atoms with van der Waals surface area (Å²) >= 11 is 5.36. The van der Waals surface area contributed by atoms with E-state index in [0.29, 0.717) is 6.07 Å². The summed E-state index contributed by atoms with van der Waals surface area (Å²) in [6.07, 6.45) is -8.33. The summed E-state index contributed by atoms with van der Waals surface area (Å²) in [7, 11) is 0. The predicted molar refractivity (Wildman–Crippen MR) is 48.5 cm³/mol. The minimum Gasteiger partial charge on any atom is -0.404 e. The molecule has 0 fully saturated rings. The number of benzene rings is 1. The van der Waals surface area contributed by atoms with E-state index >= 15 is 0 Å². The molecule has 0 aliphatic heterocycles. The first kappa shape index (κ1) is 13.7. The molecular formula is C9H4ClF5O2. The Labute approximate surface area is 96.9 Å². The molecule has 8 heteroatoms. The molecule has 0 saturated carbocycles. The lowest BCUT2D eigenvalue weighted by Crippen LogP contribution is -2.18. The fourth-order valence-electron chi connectivity index (χ4n) is 0.986. The molecule has 0 spiro atoms. The van der Waals surface area contributed by atoms with Crippen molar-refractivity contribution in [2.45, 2.75) is 12.8 Å². The van der Waals surface area contributed by atoms with E-state index in [4.69, 9.17) is 11.6 Å². The minimum absolute atomic E-state index is 0.437. The van der Waals surface area contributed by atoms with Gasteiger partial charge in [-0.25, -0.2) is 8.78 Å². The van der Waals surface area contributed by atoms with Crippen molar-refractivity contribution in [2.24, 2.45) is 0 Å². The van der Waals surface area contributed by atoms with Gasteiger partial charge in [-0.05, 0) is 18.2 Å². The van der Waals surface area contributed by atoms with Crippen LogP contribution in [0.3, 0.4) is 0 Å². The summed E-state index contributed by atoms with van der Waals surface area (Å²) in [5, 5.41) is -0.437. The number of alkyl halides is 5. The fraction of sp³-hybridized carbons (Fsp3) is 0.222. The van der Waals surface area contributed by atoms with Gasteiger partial charge in [-0.1, -0.05) is 11.6 Å². The molecule has 94 valence electrons. The van der Waals surface area contributed by atoms with Crippen LogP contribution in [-0.2, 0) is 0 Å². The lowest BCUT2D eigenvalue weighted by atomic mass is 10.1. The fourth-order valence-corrected chi connectivity index (χ4v) is 1.14. The van der Waals surface area contributed by atoms with Crippen molar-refractivity contribution in [1.29, 1.82) is 0 Å². The molecule has 1 aromatic rings. The van der Waals surface area contributed by atoms with E-state index in [1.54, 1.807) is 0 Å². The molecule has 0 aliphatic carbocycles. The lowest BCUT2D eigenvalue weighted by molar-refractivity contribution is -0.274. The molecular weight excluding hydrogens is 271 g/mol. The highest BCUT2D eigenvalue weighted by Crippen LogP contribution is 2.31. The lowest BCUT2D eigenvalue weighted by Gasteiger charge is -2.11. The van der Waals surface area contributed by atoms with Crippen LogP contribution < -0.4 is 4.74 Å². The largest absolute Gasteiger partial charge is 0.573 e. The van der Waals surface area contributed by atoms with Gasteiger partial charge in [-0.3, -0.25) is 4.79 Å². The quantitative estimate of drug-likeness (QED) is 0.621. The van der Waals surface area contributed by atoms with Crippen LogP contribution >= 0.6 is 11.6 Å². The number of halogens is 6. The summed E-state index contributed by atoms with van der Waals surface area (Å²) in [6, 6.07) is 2.28. The van der Waals surface area contributed by atoms with Crippen LogP contribution in [0.2, 0.25) is 5.02 Å². The Morgan fingerprint density at radius 1 is 1.29 bits per heavy atom. The van der Waals surface area contributed by atoms with Gasteiger partial charge in [0.1, 0.15) is 5.75 Å². The molecule has 0 heterocycles. The van der Waals surface area contributed by atoms with Crippen LogP contribution in [0.15, 0.2) is 18.2 Å². The van der Waals surface area contributed by atoms with Gasteiger partial charge < -0.3 is 4.74 Å². The summed E-state index contributed by atoms with van der Waals surface area (Å²) in [4.78, 5) is 10.8. The molecule has 0 amide bonds. The highest BCUT2D eigenvalue weighted by Gasteiger charge is 2.32. The molecule has 0 bridgehead atoms. The molecule has 0 saturated heterocycles. The summed E-state index contributed by atoms with van der Waals surface area (Å²) in [5.74, 6) is -2.50. The molecule has 1 rings (SSSR count). The maximum absolute atomic E-state index is 12.0. The smallest absolute Gasteiger partial charge is 0.404 e. The summed E-state index contributed by atoms with van der Waals surface area (Å²) in [5.41, 5.74) is -0.608. The Morgan fingerprint density at radius 3 is 2.35 bits per heavy atom. The Bertz CT molecular complexity index is 430. The van der Waals surface area contributed by atoms with Crippen LogP contribution in [0.4, 0.5) is 22.0 Å². The number of hydrogen-bond acceptors (Lipinski definition) is 2. The normalized spacial score (nSPS) is 11.7. The zero-order valence-electron chi connectivity index (χ0n) is 7.89. The highest BCUT2D eigenvalue weighted by molar-refractivity contribution is 6.32. The number of Topliss-reactive ketones (excluding diaryl/α,β-unsaturated/α-hetero) is 1. The van der Waals surface area contributed by atoms with Crippen molar-refractivity contribution in [3.8, 4) is 5.75 Å². The molecule has 0 atom stereocenters. The molecule has 0 aliphatic rings. The summed E-state index contributed by atoms with van der Waals surface area (Å²) < 4.78 is 63.2.